The van der Waals surface area contributed by atoms with Gasteiger partial charge in [0.25, 0.3) is 0 Å². The summed E-state index contributed by atoms with van der Waals surface area (Å²) in [7, 11) is 0. The summed E-state index contributed by atoms with van der Waals surface area (Å²) in [6, 6.07) is 8.19. The molecule has 2 aromatic rings. The normalized spacial score (nSPS) is 18.0. The Kier molecular flexibility index (Phi) is 9.04. The Morgan fingerprint density at radius 2 is 2.23 bits per heavy atom. The molecule has 0 aliphatic carbocycles. The van der Waals surface area contributed by atoms with Crippen LogP contribution in [0.25, 0.3) is 11.0 Å². The van der Waals surface area contributed by atoms with E-state index in [-0.39, 0.29) is 24.0 Å². The molecule has 0 spiro atoms. The topological polar surface area (TPSA) is 56.3 Å². The van der Waals surface area contributed by atoms with Gasteiger partial charge in [0.15, 0.2) is 5.96 Å². The first-order valence-corrected chi connectivity index (χ1v) is 10.4. The lowest BCUT2D eigenvalue weighted by molar-refractivity contribution is 0.408. The predicted molar refractivity (Wildman–Crippen MR) is 124 cm³/mol. The highest BCUT2D eigenvalue weighted by molar-refractivity contribution is 14.0. The maximum Gasteiger partial charge on any atom is 0.193 e. The average Bonchev–Trinajstić information content (AvgIpc) is 3.07. The van der Waals surface area contributed by atoms with Crippen molar-refractivity contribution in [1.29, 1.82) is 0 Å². The monoisotopic (exact) mass is 487 g/mol. The number of aromatic nitrogens is 2. The molecule has 2 N–H and O–H groups in total. The second-order valence-electron chi connectivity index (χ2n) is 6.39. The van der Waals surface area contributed by atoms with Crippen LogP contribution in [0.2, 0.25) is 0 Å². The minimum Gasteiger partial charge on any atom is -0.357 e. The molecule has 26 heavy (non-hydrogen) atoms. The van der Waals surface area contributed by atoms with Gasteiger partial charge in [-0.3, -0.25) is 4.99 Å². The maximum absolute atomic E-state index is 4.86. The molecule has 2 heterocycles. The van der Waals surface area contributed by atoms with Crippen molar-refractivity contribution in [3.05, 3.63) is 30.1 Å². The van der Waals surface area contributed by atoms with Gasteiger partial charge >= 0.3 is 0 Å². The van der Waals surface area contributed by atoms with Gasteiger partial charge in [-0.05, 0) is 31.9 Å². The van der Waals surface area contributed by atoms with Crippen LogP contribution in [-0.2, 0) is 6.42 Å². The third kappa shape index (κ3) is 5.77. The van der Waals surface area contributed by atoms with Crippen molar-refractivity contribution in [1.82, 2.24) is 20.2 Å². The summed E-state index contributed by atoms with van der Waals surface area (Å²) in [4.78, 5) is 15.3. The van der Waals surface area contributed by atoms with Crippen molar-refractivity contribution in [2.24, 2.45) is 4.99 Å². The van der Waals surface area contributed by atoms with E-state index in [4.69, 9.17) is 4.99 Å². The van der Waals surface area contributed by atoms with Gasteiger partial charge in [0.1, 0.15) is 5.82 Å². The number of hydrogen-bond acceptors (Lipinski definition) is 3. The summed E-state index contributed by atoms with van der Waals surface area (Å²) in [6.45, 7) is 8.37. The Hall–Kier alpha value is -0.960. The number of H-pyrrole nitrogens is 1. The molecule has 144 valence electrons. The lowest BCUT2D eigenvalue weighted by Gasteiger charge is -2.34. The van der Waals surface area contributed by atoms with Crippen LogP contribution in [0.1, 0.15) is 32.5 Å². The second-order valence-corrected chi connectivity index (χ2v) is 7.80. The van der Waals surface area contributed by atoms with Crippen molar-refractivity contribution in [2.45, 2.75) is 38.4 Å². The molecule has 0 bridgehead atoms. The van der Waals surface area contributed by atoms with Gasteiger partial charge in [0.05, 0.1) is 11.0 Å². The van der Waals surface area contributed by atoms with Crippen molar-refractivity contribution >= 4 is 52.7 Å². The van der Waals surface area contributed by atoms with Crippen molar-refractivity contribution < 1.29 is 0 Å². The molecule has 0 radical (unpaired) electrons. The van der Waals surface area contributed by atoms with Gasteiger partial charge in [0.2, 0.25) is 0 Å². The summed E-state index contributed by atoms with van der Waals surface area (Å²) in [5, 5.41) is 4.19. The fourth-order valence-corrected chi connectivity index (χ4v) is 4.32. The molecule has 1 aromatic carbocycles. The molecular formula is C19H30IN5S. The maximum atomic E-state index is 4.86. The molecule has 1 saturated heterocycles. The quantitative estimate of drug-likeness (QED) is 0.281. The number of nitrogens with zero attached hydrogens (tertiary/aromatic N) is 3. The van der Waals surface area contributed by atoms with E-state index in [1.165, 1.54) is 12.2 Å². The zero-order valence-corrected chi connectivity index (χ0v) is 18.8. The van der Waals surface area contributed by atoms with E-state index >= 15 is 0 Å². The van der Waals surface area contributed by atoms with Crippen LogP contribution in [0.4, 0.5) is 0 Å². The summed E-state index contributed by atoms with van der Waals surface area (Å²) >= 11 is 2.09. The van der Waals surface area contributed by atoms with Gasteiger partial charge < -0.3 is 15.2 Å². The standard InChI is InChI=1S/C19H29N5S.HI/c1-3-15-14-24(12-13-25-15)19(20-4-2)21-11-7-10-18-22-16-8-5-6-9-17(16)23-18;/h5-6,8-9,15H,3-4,7,10-14H2,1-2H3,(H,20,21)(H,22,23);1H. The Bertz CT molecular complexity index is 669. The van der Waals surface area contributed by atoms with Crippen molar-refractivity contribution in [3.63, 3.8) is 0 Å². The molecule has 1 aliphatic rings. The van der Waals surface area contributed by atoms with Crippen molar-refractivity contribution in [3.8, 4) is 0 Å². The Morgan fingerprint density at radius 1 is 1.38 bits per heavy atom. The molecule has 0 saturated carbocycles. The summed E-state index contributed by atoms with van der Waals surface area (Å²) in [5.41, 5.74) is 2.16. The molecule has 1 fully saturated rings. The van der Waals surface area contributed by atoms with E-state index in [0.29, 0.717) is 0 Å². The predicted octanol–water partition coefficient (Wildman–Crippen LogP) is 3.91. The average molecular weight is 487 g/mol. The minimum atomic E-state index is 0. The Morgan fingerprint density at radius 3 is 3.00 bits per heavy atom. The molecule has 0 amide bonds. The molecule has 1 atom stereocenters. The van der Waals surface area contributed by atoms with Crippen LogP contribution in [0.3, 0.4) is 0 Å². The number of para-hydroxylation sites is 2. The van der Waals surface area contributed by atoms with Gasteiger partial charge in [0, 0.05) is 43.6 Å². The third-order valence-electron chi connectivity index (χ3n) is 4.50. The van der Waals surface area contributed by atoms with Crippen LogP contribution in [0.15, 0.2) is 29.3 Å². The number of aryl methyl sites for hydroxylation is 1. The van der Waals surface area contributed by atoms with E-state index in [1.54, 1.807) is 0 Å². The molecule has 7 heteroatoms. The van der Waals surface area contributed by atoms with Gasteiger partial charge in [-0.15, -0.1) is 24.0 Å². The molecule has 5 nitrogen and oxygen atoms in total. The Balaban J connectivity index is 0.00000243. The molecule has 3 rings (SSSR count). The van der Waals surface area contributed by atoms with E-state index in [1.807, 2.05) is 12.1 Å². The SMILES string of the molecule is CCNC(=NCCCc1nc2ccccc2[nH]1)N1CCSC(CC)C1.I. The van der Waals surface area contributed by atoms with Crippen LogP contribution in [0.5, 0.6) is 0 Å². The highest BCUT2D eigenvalue weighted by atomic mass is 127. The van der Waals surface area contributed by atoms with Gasteiger partial charge in [-0.1, -0.05) is 19.1 Å². The zero-order chi connectivity index (χ0) is 17.5. The summed E-state index contributed by atoms with van der Waals surface area (Å²) in [5.74, 6) is 3.33. The first-order chi connectivity index (χ1) is 12.3. The van der Waals surface area contributed by atoms with E-state index in [2.05, 4.69) is 57.9 Å². The smallest absolute Gasteiger partial charge is 0.193 e. The lowest BCUT2D eigenvalue weighted by atomic mass is 10.3. The van der Waals surface area contributed by atoms with Crippen LogP contribution in [-0.4, -0.2) is 58.0 Å². The number of nitrogens with one attached hydrogen (secondary N) is 2. The zero-order valence-electron chi connectivity index (χ0n) is 15.7. The first kappa shape index (κ1) is 21.3. The first-order valence-electron chi connectivity index (χ1n) is 9.38. The number of aliphatic imine (C=N–C) groups is 1. The number of aromatic amines is 1. The lowest BCUT2D eigenvalue weighted by Crippen LogP contribution is -2.48. The van der Waals surface area contributed by atoms with Crippen LogP contribution in [0, 0.1) is 0 Å². The van der Waals surface area contributed by atoms with Gasteiger partial charge in [-0.2, -0.15) is 11.8 Å². The van der Waals surface area contributed by atoms with E-state index in [9.17, 15) is 0 Å². The number of thioether (sulfide) groups is 1. The van der Waals surface area contributed by atoms with E-state index < -0.39 is 0 Å². The number of imidazole rings is 1. The third-order valence-corrected chi connectivity index (χ3v) is 5.87. The molecule has 1 aliphatic heterocycles. The highest BCUT2D eigenvalue weighted by Crippen LogP contribution is 2.21. The minimum absolute atomic E-state index is 0. The summed E-state index contributed by atoms with van der Waals surface area (Å²) in [6.07, 6.45) is 3.17. The summed E-state index contributed by atoms with van der Waals surface area (Å²) < 4.78 is 0. The number of hydrogen-bond donors (Lipinski definition) is 2. The number of halogens is 1. The fourth-order valence-electron chi connectivity index (χ4n) is 3.14. The second kappa shape index (κ2) is 11.0. The highest BCUT2D eigenvalue weighted by Gasteiger charge is 2.21. The Labute approximate surface area is 177 Å². The molecule has 1 unspecified atom stereocenters. The van der Waals surface area contributed by atoms with Crippen molar-refractivity contribution in [2.75, 3.05) is 31.9 Å². The number of benzene rings is 1. The largest absolute Gasteiger partial charge is 0.357 e. The van der Waals surface area contributed by atoms with Crippen LogP contribution >= 0.6 is 35.7 Å². The molecular weight excluding hydrogens is 457 g/mol. The van der Waals surface area contributed by atoms with E-state index in [0.717, 1.165) is 67.1 Å². The number of rotatable bonds is 6. The van der Waals surface area contributed by atoms with Gasteiger partial charge in [-0.25, -0.2) is 4.98 Å². The van der Waals surface area contributed by atoms with Crippen LogP contribution < -0.4 is 5.32 Å². The molecule has 1 aromatic heterocycles. The number of guanidine groups is 1. The fraction of sp³-hybridized carbons (Fsp3) is 0.579. The number of fused-ring (bicyclic) bond motifs is 1.